The second kappa shape index (κ2) is 7.63. The Labute approximate surface area is 99.8 Å². The molecule has 1 atom stereocenters. The summed E-state index contributed by atoms with van der Waals surface area (Å²) in [6, 6.07) is -0.346. The third-order valence-electron chi connectivity index (χ3n) is 2.47. The average molecular weight is 229 g/mol. The second-order valence-electron chi connectivity index (χ2n) is 5.00. The van der Waals surface area contributed by atoms with Crippen molar-refractivity contribution in [3.8, 4) is 0 Å². The second-order valence-corrected chi connectivity index (χ2v) is 5.00. The Morgan fingerprint density at radius 3 is 2.19 bits per heavy atom. The molecule has 0 fully saturated rings. The maximum Gasteiger partial charge on any atom is 0.239 e. The van der Waals surface area contributed by atoms with Crippen LogP contribution < -0.4 is 5.73 Å². The van der Waals surface area contributed by atoms with Gasteiger partial charge in [-0.2, -0.15) is 0 Å². The van der Waals surface area contributed by atoms with Gasteiger partial charge in [-0.1, -0.05) is 20.8 Å². The monoisotopic (exact) mass is 229 g/mol. The lowest BCUT2D eigenvalue weighted by Crippen LogP contribution is -2.47. The molecule has 0 aliphatic heterocycles. The molecule has 0 rings (SSSR count). The highest BCUT2D eigenvalue weighted by Gasteiger charge is 2.20. The minimum absolute atomic E-state index is 0.0815. The number of hydrogen-bond acceptors (Lipinski definition) is 3. The third-order valence-corrected chi connectivity index (χ3v) is 2.47. The summed E-state index contributed by atoms with van der Waals surface area (Å²) in [6.07, 6.45) is 0.704. The van der Waals surface area contributed by atoms with Crippen molar-refractivity contribution in [2.45, 2.75) is 33.2 Å². The van der Waals surface area contributed by atoms with Crippen LogP contribution in [0.2, 0.25) is 0 Å². The summed E-state index contributed by atoms with van der Waals surface area (Å²) >= 11 is 0. The zero-order chi connectivity index (χ0) is 12.7. The van der Waals surface area contributed by atoms with Crippen LogP contribution in [0.3, 0.4) is 0 Å². The van der Waals surface area contributed by atoms with E-state index < -0.39 is 0 Å². The Hall–Kier alpha value is -0.610. The Kier molecular flexibility index (Phi) is 7.34. The van der Waals surface area contributed by atoms with Gasteiger partial charge in [0.2, 0.25) is 5.91 Å². The van der Waals surface area contributed by atoms with Crippen LogP contribution in [0.4, 0.5) is 0 Å². The van der Waals surface area contributed by atoms with Crippen LogP contribution in [0.5, 0.6) is 0 Å². The van der Waals surface area contributed by atoms with E-state index in [0.29, 0.717) is 12.3 Å². The Morgan fingerprint density at radius 1 is 1.25 bits per heavy atom. The van der Waals surface area contributed by atoms with E-state index in [1.54, 1.807) is 0 Å². The molecule has 0 radical (unpaired) electrons. The van der Waals surface area contributed by atoms with E-state index in [0.717, 1.165) is 19.6 Å². The third kappa shape index (κ3) is 6.08. The largest absolute Gasteiger partial charge is 0.340 e. The molecule has 0 aromatic rings. The van der Waals surface area contributed by atoms with E-state index in [-0.39, 0.29) is 11.9 Å². The van der Waals surface area contributed by atoms with Gasteiger partial charge in [0.1, 0.15) is 0 Å². The van der Waals surface area contributed by atoms with Crippen LogP contribution in [0.1, 0.15) is 27.2 Å². The quantitative estimate of drug-likeness (QED) is 0.701. The number of likely N-dealkylation sites (N-methyl/N-ethyl adjacent to an activating group) is 1. The first kappa shape index (κ1) is 15.4. The number of carbonyl (C=O) groups excluding carboxylic acids is 1. The molecule has 0 aliphatic rings. The maximum absolute atomic E-state index is 12.0. The number of carbonyl (C=O) groups is 1. The fourth-order valence-electron chi connectivity index (χ4n) is 1.46. The van der Waals surface area contributed by atoms with Crippen molar-refractivity contribution in [3.05, 3.63) is 0 Å². The first-order valence-electron chi connectivity index (χ1n) is 6.07. The number of nitrogens with two attached hydrogens (primary N) is 1. The highest BCUT2D eigenvalue weighted by atomic mass is 16.2. The van der Waals surface area contributed by atoms with Crippen LogP contribution in [0, 0.1) is 5.92 Å². The van der Waals surface area contributed by atoms with Crippen LogP contribution in [0.25, 0.3) is 0 Å². The first-order valence-corrected chi connectivity index (χ1v) is 6.07. The van der Waals surface area contributed by atoms with E-state index in [4.69, 9.17) is 5.73 Å². The van der Waals surface area contributed by atoms with Gasteiger partial charge in [-0.3, -0.25) is 4.79 Å². The molecule has 0 saturated carbocycles. The molecule has 0 unspecified atom stereocenters. The summed E-state index contributed by atoms with van der Waals surface area (Å²) in [5.74, 6) is 0.563. The molecule has 4 heteroatoms. The summed E-state index contributed by atoms with van der Waals surface area (Å²) in [7, 11) is 4.02. The van der Waals surface area contributed by atoms with Gasteiger partial charge in [-0.15, -0.1) is 0 Å². The van der Waals surface area contributed by atoms with Crippen LogP contribution >= 0.6 is 0 Å². The van der Waals surface area contributed by atoms with Gasteiger partial charge >= 0.3 is 0 Å². The standard InChI is InChI=1S/C12H27N3O/c1-6-11(13)12(16)15(9-10(2)3)8-7-14(4)5/h10-11H,6-9,13H2,1-5H3/t11-/m1/s1. The molecule has 0 aromatic carbocycles. The fourth-order valence-corrected chi connectivity index (χ4v) is 1.46. The minimum Gasteiger partial charge on any atom is -0.340 e. The minimum atomic E-state index is -0.346. The lowest BCUT2D eigenvalue weighted by molar-refractivity contribution is -0.133. The van der Waals surface area contributed by atoms with E-state index in [1.165, 1.54) is 0 Å². The lowest BCUT2D eigenvalue weighted by Gasteiger charge is -2.28. The van der Waals surface area contributed by atoms with Crippen LogP contribution in [-0.4, -0.2) is 55.5 Å². The highest BCUT2D eigenvalue weighted by Crippen LogP contribution is 2.03. The lowest BCUT2D eigenvalue weighted by atomic mass is 10.1. The van der Waals surface area contributed by atoms with Gasteiger partial charge in [0.15, 0.2) is 0 Å². The molecular weight excluding hydrogens is 202 g/mol. The van der Waals surface area contributed by atoms with Crippen molar-refractivity contribution in [1.29, 1.82) is 0 Å². The topological polar surface area (TPSA) is 49.6 Å². The van der Waals surface area contributed by atoms with E-state index in [1.807, 2.05) is 25.9 Å². The Morgan fingerprint density at radius 2 is 1.81 bits per heavy atom. The number of rotatable bonds is 7. The van der Waals surface area contributed by atoms with Gasteiger partial charge in [0.25, 0.3) is 0 Å². The fraction of sp³-hybridized carbons (Fsp3) is 0.917. The average Bonchev–Trinajstić information content (AvgIpc) is 2.21. The van der Waals surface area contributed by atoms with Gasteiger partial charge in [-0.05, 0) is 26.4 Å². The molecule has 1 amide bonds. The number of amides is 1. The molecule has 0 bridgehead atoms. The predicted molar refractivity (Wildman–Crippen MR) is 68.2 cm³/mol. The summed E-state index contributed by atoms with van der Waals surface area (Å²) < 4.78 is 0. The van der Waals surface area contributed by atoms with Crippen molar-refractivity contribution in [1.82, 2.24) is 9.80 Å². The summed E-state index contributed by atoms with van der Waals surface area (Å²) in [5.41, 5.74) is 5.79. The van der Waals surface area contributed by atoms with Gasteiger partial charge in [0.05, 0.1) is 6.04 Å². The first-order chi connectivity index (χ1) is 7.38. The number of nitrogens with zero attached hydrogens (tertiary/aromatic N) is 2. The van der Waals surface area contributed by atoms with Gasteiger partial charge in [-0.25, -0.2) is 0 Å². The molecule has 16 heavy (non-hydrogen) atoms. The van der Waals surface area contributed by atoms with Crippen molar-refractivity contribution >= 4 is 5.91 Å². The molecule has 0 aromatic heterocycles. The summed E-state index contributed by atoms with van der Waals surface area (Å²) in [6.45, 7) is 8.62. The molecular formula is C12H27N3O. The molecule has 0 spiro atoms. The zero-order valence-corrected chi connectivity index (χ0v) is 11.4. The summed E-state index contributed by atoms with van der Waals surface area (Å²) in [5, 5.41) is 0. The van der Waals surface area contributed by atoms with Gasteiger partial charge in [0, 0.05) is 19.6 Å². The van der Waals surface area contributed by atoms with Crippen LogP contribution in [0.15, 0.2) is 0 Å². The van der Waals surface area contributed by atoms with Crippen molar-refractivity contribution in [2.75, 3.05) is 33.7 Å². The van der Waals surface area contributed by atoms with Crippen molar-refractivity contribution in [2.24, 2.45) is 11.7 Å². The normalized spacial score (nSPS) is 13.2. The van der Waals surface area contributed by atoms with Gasteiger partial charge < -0.3 is 15.5 Å². The molecule has 96 valence electrons. The maximum atomic E-state index is 12.0. The Balaban J connectivity index is 4.34. The predicted octanol–water partition coefficient (Wildman–Crippen LogP) is 0.770. The SMILES string of the molecule is CC[C@@H](N)C(=O)N(CCN(C)C)CC(C)C. The van der Waals surface area contributed by atoms with E-state index in [9.17, 15) is 4.79 Å². The Bertz CT molecular complexity index is 204. The smallest absolute Gasteiger partial charge is 0.239 e. The van der Waals surface area contributed by atoms with Crippen molar-refractivity contribution in [3.63, 3.8) is 0 Å². The van der Waals surface area contributed by atoms with E-state index >= 15 is 0 Å². The van der Waals surface area contributed by atoms with Crippen LogP contribution in [-0.2, 0) is 4.79 Å². The highest BCUT2D eigenvalue weighted by molar-refractivity contribution is 5.81. The summed E-state index contributed by atoms with van der Waals surface area (Å²) in [4.78, 5) is 16.0. The molecule has 0 saturated heterocycles. The molecule has 0 heterocycles. The molecule has 2 N–H and O–H groups in total. The number of hydrogen-bond donors (Lipinski definition) is 1. The van der Waals surface area contributed by atoms with E-state index in [2.05, 4.69) is 18.7 Å². The molecule has 4 nitrogen and oxygen atoms in total. The van der Waals surface area contributed by atoms with Crippen molar-refractivity contribution < 1.29 is 4.79 Å². The zero-order valence-electron chi connectivity index (χ0n) is 11.4. The molecule has 0 aliphatic carbocycles.